The number of hydrogen-bond donors (Lipinski definition) is 3. The Balaban J connectivity index is 3.33. The summed E-state index contributed by atoms with van der Waals surface area (Å²) in [6, 6.07) is 2.85. The molecule has 3 N–H and O–H groups in total. The third kappa shape index (κ3) is 11.9. The minimum absolute atomic E-state index is 0.00164. The van der Waals surface area contributed by atoms with Gasteiger partial charge in [0.05, 0.1) is 13.2 Å². The summed E-state index contributed by atoms with van der Waals surface area (Å²) >= 11 is 0. The van der Waals surface area contributed by atoms with Gasteiger partial charge in [-0.1, -0.05) is 60.3 Å². The molecule has 0 heterocycles. The Morgan fingerprint density at radius 1 is 0.829 bits per heavy atom. The summed E-state index contributed by atoms with van der Waals surface area (Å²) in [7, 11) is -15.3. The van der Waals surface area contributed by atoms with Gasteiger partial charge in [-0.15, -0.1) is 0 Å². The highest BCUT2D eigenvalue weighted by Gasteiger charge is 2.46. The van der Waals surface area contributed by atoms with Crippen LogP contribution >= 0.6 is 23.5 Å². The van der Waals surface area contributed by atoms with Crippen molar-refractivity contribution in [3.8, 4) is 11.5 Å². The number of phenolic OH excluding ortho intramolecular Hbond substituents is 1. The van der Waals surface area contributed by atoms with Crippen LogP contribution in [0.3, 0.4) is 0 Å². The van der Waals surface area contributed by atoms with Crippen molar-refractivity contribution in [3.05, 3.63) is 23.3 Å². The van der Waals surface area contributed by atoms with E-state index in [9.17, 15) is 28.6 Å². The first kappa shape index (κ1) is 32.3. The largest absolute Gasteiger partial charge is 0.539 e. The topological polar surface area (TPSA) is 158 Å². The van der Waals surface area contributed by atoms with Crippen LogP contribution in [-0.2, 0) is 36.8 Å². The zero-order chi connectivity index (χ0) is 26.9. The fraction of sp³-hybridized carbons (Fsp3) is 0.714. The molecule has 35 heavy (non-hydrogen) atoms. The number of phosphoric acid groups is 3. The van der Waals surface area contributed by atoms with E-state index in [1.165, 1.54) is 12.1 Å². The maximum Gasteiger partial charge on any atom is 0.539 e. The van der Waals surface area contributed by atoms with Crippen LogP contribution in [0, 0.1) is 6.92 Å². The molecule has 0 spiro atoms. The summed E-state index contributed by atoms with van der Waals surface area (Å²) in [5, 5.41) is 10.3. The molecule has 0 saturated carbocycles. The summed E-state index contributed by atoms with van der Waals surface area (Å²) in [5.74, 6) is -0.00542. The van der Waals surface area contributed by atoms with Crippen LogP contribution in [-0.4, -0.2) is 28.1 Å². The number of unbranched alkanes of at least 4 members (excludes halogenated alkanes) is 4. The van der Waals surface area contributed by atoms with E-state index in [1.807, 2.05) is 34.6 Å². The molecule has 2 atom stereocenters. The van der Waals surface area contributed by atoms with Crippen LogP contribution in [0.5, 0.6) is 11.5 Å². The molecule has 14 heteroatoms. The van der Waals surface area contributed by atoms with Crippen LogP contribution in [0.2, 0.25) is 0 Å². The molecule has 2 unspecified atom stereocenters. The summed E-state index contributed by atoms with van der Waals surface area (Å²) in [4.78, 5) is 18.5. The molecule has 1 aromatic rings. The van der Waals surface area contributed by atoms with Gasteiger partial charge in [0.15, 0.2) is 0 Å². The zero-order valence-electron chi connectivity index (χ0n) is 21.3. The highest BCUT2D eigenvalue weighted by Crippen LogP contribution is 2.70. The number of phosphoric ester groups is 1. The van der Waals surface area contributed by atoms with Gasteiger partial charge in [-0.2, -0.15) is 8.62 Å². The Morgan fingerprint density at radius 2 is 1.40 bits per heavy atom. The molecular formula is C21H39O11P3. The fourth-order valence-electron chi connectivity index (χ4n) is 2.90. The van der Waals surface area contributed by atoms with Crippen LogP contribution in [0.15, 0.2) is 12.1 Å². The highest BCUT2D eigenvalue weighted by atomic mass is 31.3. The molecular weight excluding hydrogens is 521 g/mol. The van der Waals surface area contributed by atoms with Gasteiger partial charge in [-0.25, -0.2) is 13.7 Å². The van der Waals surface area contributed by atoms with Crippen molar-refractivity contribution in [1.29, 1.82) is 0 Å². The lowest BCUT2D eigenvalue weighted by Crippen LogP contribution is -2.12. The second kappa shape index (κ2) is 13.7. The van der Waals surface area contributed by atoms with Crippen molar-refractivity contribution in [2.24, 2.45) is 0 Å². The molecule has 1 aromatic carbocycles. The number of aromatic hydroxyl groups is 1. The molecule has 11 nitrogen and oxygen atoms in total. The van der Waals surface area contributed by atoms with E-state index in [0.717, 1.165) is 12.8 Å². The first-order valence-electron chi connectivity index (χ1n) is 11.5. The molecule has 0 aliphatic rings. The van der Waals surface area contributed by atoms with E-state index in [0.29, 0.717) is 36.8 Å². The summed E-state index contributed by atoms with van der Waals surface area (Å²) in [5.41, 5.74) is 0.328. The number of phenols is 1. The molecule has 1 rings (SSSR count). The van der Waals surface area contributed by atoms with Gasteiger partial charge in [0.1, 0.15) is 11.5 Å². The maximum absolute atomic E-state index is 13.6. The highest BCUT2D eigenvalue weighted by molar-refractivity contribution is 7.67. The van der Waals surface area contributed by atoms with Crippen molar-refractivity contribution >= 4 is 23.5 Å². The lowest BCUT2D eigenvalue weighted by atomic mass is 9.85. The number of rotatable bonds is 16. The Kier molecular flexibility index (Phi) is 12.7. The van der Waals surface area contributed by atoms with Gasteiger partial charge in [-0.3, -0.25) is 9.05 Å². The molecule has 0 saturated heterocycles. The number of aryl methyl sites for hydroxylation is 1. The Labute approximate surface area is 208 Å². The van der Waals surface area contributed by atoms with E-state index in [-0.39, 0.29) is 24.7 Å². The lowest BCUT2D eigenvalue weighted by molar-refractivity contribution is 0.148. The van der Waals surface area contributed by atoms with Gasteiger partial charge in [-0.05, 0) is 42.9 Å². The summed E-state index contributed by atoms with van der Waals surface area (Å²) in [6.45, 7) is 10.6. The van der Waals surface area contributed by atoms with Crippen molar-refractivity contribution in [2.75, 3.05) is 13.2 Å². The maximum atomic E-state index is 13.6. The predicted octanol–water partition coefficient (Wildman–Crippen LogP) is 7.13. The molecule has 0 aliphatic heterocycles. The van der Waals surface area contributed by atoms with E-state index < -0.39 is 28.9 Å². The van der Waals surface area contributed by atoms with Crippen molar-refractivity contribution in [2.45, 2.75) is 85.5 Å². The average Bonchev–Trinajstić information content (AvgIpc) is 2.67. The van der Waals surface area contributed by atoms with Crippen LogP contribution in [0.1, 0.15) is 84.3 Å². The van der Waals surface area contributed by atoms with Crippen LogP contribution in [0.4, 0.5) is 0 Å². The number of hydrogen-bond acceptors (Lipinski definition) is 9. The SMILES string of the molecule is CCCCCCOP(=O)(OP(=O)(O)O)OP(=O)(OCCCC)Oc1cc(C(C)(C)C)c(O)cc1C. The Bertz CT molecular complexity index is 953. The van der Waals surface area contributed by atoms with Crippen molar-refractivity contribution in [3.63, 3.8) is 0 Å². The normalized spacial score (nSPS) is 16.0. The quantitative estimate of drug-likeness (QED) is 0.139. The smallest absolute Gasteiger partial charge is 0.508 e. The van der Waals surface area contributed by atoms with Crippen LogP contribution < -0.4 is 4.52 Å². The molecule has 0 aliphatic carbocycles. The average molecular weight is 560 g/mol. The standard InChI is InChI=1S/C21H39O11P3/c1-7-9-11-12-14-29-35(27,31-33(23,24)25)32-34(26,28-13-10-8-2)30-20-16-18(21(4,5)6)19(22)15-17(20)3/h15-16,22H,7-14H2,1-6H3,(H2,23,24,25). The monoisotopic (exact) mass is 560 g/mol. The van der Waals surface area contributed by atoms with Gasteiger partial charge in [0, 0.05) is 5.56 Å². The van der Waals surface area contributed by atoms with E-state index >= 15 is 0 Å². The van der Waals surface area contributed by atoms with Crippen LogP contribution in [0.25, 0.3) is 0 Å². The van der Waals surface area contributed by atoms with Gasteiger partial charge < -0.3 is 19.4 Å². The van der Waals surface area contributed by atoms with E-state index in [2.05, 4.69) is 4.31 Å². The third-order valence-corrected chi connectivity index (χ3v) is 9.38. The van der Waals surface area contributed by atoms with Gasteiger partial charge in [0.25, 0.3) is 0 Å². The van der Waals surface area contributed by atoms with E-state index in [1.54, 1.807) is 6.92 Å². The third-order valence-electron chi connectivity index (χ3n) is 4.71. The van der Waals surface area contributed by atoms with Gasteiger partial charge in [0.2, 0.25) is 0 Å². The second-order valence-electron chi connectivity index (χ2n) is 9.11. The molecule has 0 radical (unpaired) electrons. The predicted molar refractivity (Wildman–Crippen MR) is 133 cm³/mol. The number of benzene rings is 1. The summed E-state index contributed by atoms with van der Waals surface area (Å²) < 4.78 is 63.4. The van der Waals surface area contributed by atoms with Crippen molar-refractivity contribution in [1.82, 2.24) is 0 Å². The zero-order valence-corrected chi connectivity index (χ0v) is 23.9. The minimum Gasteiger partial charge on any atom is -0.508 e. The molecule has 204 valence electrons. The lowest BCUT2D eigenvalue weighted by Gasteiger charge is -2.26. The first-order valence-corrected chi connectivity index (χ1v) is 16.0. The van der Waals surface area contributed by atoms with E-state index in [4.69, 9.17) is 17.9 Å². The second-order valence-corrected chi connectivity index (χ2v) is 13.9. The summed E-state index contributed by atoms with van der Waals surface area (Å²) in [6.07, 6.45) is 4.00. The van der Waals surface area contributed by atoms with Crippen molar-refractivity contribution < 1.29 is 50.8 Å². The Hall–Kier alpha value is -0.730. The Morgan fingerprint density at radius 3 is 1.94 bits per heavy atom. The molecule has 0 aromatic heterocycles. The van der Waals surface area contributed by atoms with Gasteiger partial charge >= 0.3 is 23.5 Å². The fourth-order valence-corrected chi connectivity index (χ4v) is 7.20. The molecule has 0 amide bonds. The molecule has 0 fully saturated rings. The minimum atomic E-state index is -5.37. The first-order chi connectivity index (χ1) is 16.0. The molecule has 0 bridgehead atoms.